The summed E-state index contributed by atoms with van der Waals surface area (Å²) in [7, 11) is -3.21. The van der Waals surface area contributed by atoms with Gasteiger partial charge in [0.15, 0.2) is 28.4 Å². The van der Waals surface area contributed by atoms with E-state index in [1.54, 1.807) is 13.8 Å². The van der Waals surface area contributed by atoms with E-state index in [0.29, 0.717) is 0 Å². The Morgan fingerprint density at radius 2 is 1.88 bits per heavy atom. The number of nitrogens with two attached hydrogens (primary N) is 3. The fourth-order valence-corrected chi connectivity index (χ4v) is 3.44. The molecule has 25 heavy (non-hydrogen) atoms. The maximum atomic E-state index is 12.3. The van der Waals surface area contributed by atoms with Gasteiger partial charge in [0.2, 0.25) is 0 Å². The van der Waals surface area contributed by atoms with Gasteiger partial charge in [-0.3, -0.25) is 9.36 Å². The van der Waals surface area contributed by atoms with Gasteiger partial charge in [-0.1, -0.05) is 11.6 Å². The molecule has 13 heteroatoms. The Balaban J connectivity index is 2.84. The smallest absolute Gasteiger partial charge is 0.332 e. The molecular formula is C12H21ClN7O4P. The van der Waals surface area contributed by atoms with Crippen LogP contribution >= 0.6 is 19.2 Å². The Bertz CT molecular complexity index is 686. The van der Waals surface area contributed by atoms with Gasteiger partial charge in [0.25, 0.3) is 0 Å². The summed E-state index contributed by atoms with van der Waals surface area (Å²) in [6, 6.07) is 0. The lowest BCUT2D eigenvalue weighted by atomic mass is 10.4. The molecule has 0 unspecified atom stereocenters. The number of carbonyl (C=O) groups excluding carboxylic acids is 1. The lowest BCUT2D eigenvalue weighted by Crippen LogP contribution is -2.25. The van der Waals surface area contributed by atoms with Crippen LogP contribution < -0.4 is 22.5 Å². The van der Waals surface area contributed by atoms with Gasteiger partial charge in [-0.05, 0) is 13.8 Å². The highest BCUT2D eigenvalue weighted by Gasteiger charge is 2.23. The van der Waals surface area contributed by atoms with Gasteiger partial charge in [0.05, 0.1) is 19.4 Å². The normalized spacial score (nSPS) is 11.2. The summed E-state index contributed by atoms with van der Waals surface area (Å²) in [5, 5.41) is 2.70. The average molecular weight is 394 g/mol. The van der Waals surface area contributed by atoms with Crippen LogP contribution in [0, 0.1) is 0 Å². The third-order valence-electron chi connectivity index (χ3n) is 2.64. The summed E-state index contributed by atoms with van der Waals surface area (Å²) >= 11 is 5.97. The first kappa shape index (κ1) is 21.1. The zero-order valence-corrected chi connectivity index (χ0v) is 15.5. The topological polar surface area (TPSA) is 181 Å². The van der Waals surface area contributed by atoms with Crippen molar-refractivity contribution < 1.29 is 18.4 Å². The van der Waals surface area contributed by atoms with Crippen molar-refractivity contribution in [1.29, 1.82) is 0 Å². The number of nitrogen functional groups attached to an aromatic ring is 1. The molecule has 1 aromatic rings. The molecule has 0 saturated heterocycles. The highest BCUT2D eigenvalue weighted by atomic mass is 35.5. The van der Waals surface area contributed by atoms with Gasteiger partial charge in [0.1, 0.15) is 0 Å². The molecule has 0 bridgehead atoms. The maximum Gasteiger partial charge on any atom is 0.332 e. The highest BCUT2D eigenvalue weighted by molar-refractivity contribution is 7.53. The molecule has 0 saturated carbocycles. The molecule has 0 aliphatic carbocycles. The van der Waals surface area contributed by atoms with Crippen LogP contribution in [0.15, 0.2) is 4.99 Å². The molecule has 0 aliphatic rings. The number of anilines is 2. The first-order chi connectivity index (χ1) is 11.7. The second-order valence-electron chi connectivity index (χ2n) is 4.54. The summed E-state index contributed by atoms with van der Waals surface area (Å²) < 4.78 is 22.7. The van der Waals surface area contributed by atoms with E-state index in [4.69, 9.17) is 37.8 Å². The fourth-order valence-electron chi connectivity index (χ4n) is 1.74. The molecule has 0 aliphatic heterocycles. The van der Waals surface area contributed by atoms with Crippen LogP contribution in [0.25, 0.3) is 0 Å². The number of rotatable bonds is 9. The minimum atomic E-state index is -3.21. The quantitative estimate of drug-likeness (QED) is 0.266. The molecule has 1 aromatic heterocycles. The summed E-state index contributed by atoms with van der Waals surface area (Å²) in [6.45, 7) is 4.12. The number of hydrogen-bond donors (Lipinski definition) is 4. The lowest BCUT2D eigenvalue weighted by Gasteiger charge is -2.17. The first-order valence-electron chi connectivity index (χ1n) is 7.31. The number of amides is 1. The van der Waals surface area contributed by atoms with Crippen molar-refractivity contribution in [2.45, 2.75) is 13.8 Å². The predicted octanol–water partition coefficient (Wildman–Crippen LogP) is 0.804. The Morgan fingerprint density at radius 1 is 1.28 bits per heavy atom. The van der Waals surface area contributed by atoms with Crippen molar-refractivity contribution >= 4 is 42.7 Å². The van der Waals surface area contributed by atoms with Crippen molar-refractivity contribution in [3.63, 3.8) is 0 Å². The molecule has 0 atom stereocenters. The number of carbonyl (C=O) groups is 1. The van der Waals surface area contributed by atoms with Gasteiger partial charge in [-0.2, -0.15) is 4.99 Å². The fraction of sp³-hybridized carbons (Fsp3) is 0.500. The SMILES string of the molecule is CCOP(=O)(CCNc1nc(N)c(C(=O)N=C(N)N)nc1Cl)OCC. The van der Waals surface area contributed by atoms with E-state index in [1.807, 2.05) is 0 Å². The minimum Gasteiger partial charge on any atom is -0.382 e. The zero-order valence-electron chi connectivity index (χ0n) is 13.9. The summed E-state index contributed by atoms with van der Waals surface area (Å²) in [6.07, 6.45) is 0.0846. The molecule has 7 N–H and O–H groups in total. The molecule has 0 spiro atoms. The molecule has 1 heterocycles. The van der Waals surface area contributed by atoms with E-state index in [1.165, 1.54) is 0 Å². The van der Waals surface area contributed by atoms with Crippen LogP contribution in [-0.2, 0) is 13.6 Å². The van der Waals surface area contributed by atoms with Crippen molar-refractivity contribution in [1.82, 2.24) is 9.97 Å². The number of aliphatic imine (C=N–C) groups is 1. The van der Waals surface area contributed by atoms with Crippen LogP contribution in [0.3, 0.4) is 0 Å². The van der Waals surface area contributed by atoms with E-state index >= 15 is 0 Å². The molecular weight excluding hydrogens is 373 g/mol. The molecule has 1 rings (SSSR count). The third-order valence-corrected chi connectivity index (χ3v) is 4.98. The monoisotopic (exact) mass is 393 g/mol. The van der Waals surface area contributed by atoms with Crippen molar-refractivity contribution in [2.75, 3.05) is 37.0 Å². The number of nitrogens with zero attached hydrogens (tertiary/aromatic N) is 3. The summed E-state index contributed by atoms with van der Waals surface area (Å²) in [4.78, 5) is 22.8. The lowest BCUT2D eigenvalue weighted by molar-refractivity contribution is 0.0998. The zero-order chi connectivity index (χ0) is 19.0. The first-order valence-corrected chi connectivity index (χ1v) is 9.42. The van der Waals surface area contributed by atoms with Crippen molar-refractivity contribution in [2.24, 2.45) is 16.5 Å². The molecule has 140 valence electrons. The van der Waals surface area contributed by atoms with Crippen LogP contribution in [0.2, 0.25) is 5.15 Å². The summed E-state index contributed by atoms with van der Waals surface area (Å²) in [5.74, 6) is -1.40. The number of guanidine groups is 1. The average Bonchev–Trinajstić information content (AvgIpc) is 2.50. The number of nitrogens with one attached hydrogen (secondary N) is 1. The van der Waals surface area contributed by atoms with E-state index in [0.717, 1.165) is 0 Å². The van der Waals surface area contributed by atoms with E-state index in [2.05, 4.69) is 20.3 Å². The second kappa shape index (κ2) is 9.52. The van der Waals surface area contributed by atoms with Gasteiger partial charge < -0.3 is 31.6 Å². The van der Waals surface area contributed by atoms with E-state index < -0.39 is 19.5 Å². The Kier molecular flexibility index (Phi) is 8.04. The third kappa shape index (κ3) is 6.46. The van der Waals surface area contributed by atoms with Gasteiger partial charge in [0, 0.05) is 6.54 Å². The van der Waals surface area contributed by atoms with Gasteiger partial charge >= 0.3 is 13.5 Å². The van der Waals surface area contributed by atoms with E-state index in [-0.39, 0.29) is 48.4 Å². The van der Waals surface area contributed by atoms with Gasteiger partial charge in [-0.15, -0.1) is 0 Å². The van der Waals surface area contributed by atoms with Crippen molar-refractivity contribution in [3.8, 4) is 0 Å². The summed E-state index contributed by atoms with van der Waals surface area (Å²) in [5.41, 5.74) is 15.6. The molecule has 1 amide bonds. The van der Waals surface area contributed by atoms with Crippen LogP contribution in [0.4, 0.5) is 11.6 Å². The van der Waals surface area contributed by atoms with Crippen molar-refractivity contribution in [3.05, 3.63) is 10.8 Å². The number of aromatic nitrogens is 2. The van der Waals surface area contributed by atoms with Crippen LogP contribution in [0.5, 0.6) is 0 Å². The Hall–Kier alpha value is -1.94. The Labute approximate surface area is 149 Å². The standard InChI is InChI=1S/C12H21ClN7O4P/c1-3-23-25(22,24-4-2)6-5-17-10-8(13)18-7(9(14)19-10)11(21)20-12(15)16/h3-6H2,1-2H3,(H3,14,17,19)(H4,15,16,20,21). The van der Waals surface area contributed by atoms with E-state index in [9.17, 15) is 9.36 Å². The largest absolute Gasteiger partial charge is 0.382 e. The van der Waals surface area contributed by atoms with Crippen LogP contribution in [-0.4, -0.2) is 47.8 Å². The Morgan fingerprint density at radius 3 is 2.40 bits per heavy atom. The molecule has 11 nitrogen and oxygen atoms in total. The maximum absolute atomic E-state index is 12.3. The molecule has 0 radical (unpaired) electrons. The predicted molar refractivity (Wildman–Crippen MR) is 95.8 cm³/mol. The molecule has 0 aromatic carbocycles. The molecule has 0 fully saturated rings. The second-order valence-corrected chi connectivity index (χ2v) is 7.08. The van der Waals surface area contributed by atoms with Gasteiger partial charge in [-0.25, -0.2) is 9.97 Å². The minimum absolute atomic E-state index is 0.0846. The van der Waals surface area contributed by atoms with Crippen LogP contribution in [0.1, 0.15) is 24.3 Å². The number of halogens is 1. The number of hydrogen-bond acceptors (Lipinski definition) is 8. The highest BCUT2D eigenvalue weighted by Crippen LogP contribution is 2.47.